The Kier molecular flexibility index (Phi) is 3.45. The van der Waals surface area contributed by atoms with Crippen LogP contribution in [0.2, 0.25) is 0 Å². The number of alkyl halides is 2. The summed E-state index contributed by atoms with van der Waals surface area (Å²) in [5.41, 5.74) is -0.956. The van der Waals surface area contributed by atoms with Crippen LogP contribution >= 0.6 is 10.7 Å². The summed E-state index contributed by atoms with van der Waals surface area (Å²) in [6.45, 7) is 1.33. The molecule has 0 aromatic carbocycles. The lowest BCUT2D eigenvalue weighted by atomic mass is 10.1. The van der Waals surface area contributed by atoms with Gasteiger partial charge in [0, 0.05) is 10.7 Å². The van der Waals surface area contributed by atoms with Crippen LogP contribution in [0.3, 0.4) is 0 Å². The van der Waals surface area contributed by atoms with Crippen molar-refractivity contribution in [1.82, 2.24) is 4.98 Å². The summed E-state index contributed by atoms with van der Waals surface area (Å²) >= 11 is 0. The predicted octanol–water partition coefficient (Wildman–Crippen LogP) is 2.13. The van der Waals surface area contributed by atoms with Crippen molar-refractivity contribution < 1.29 is 17.2 Å². The highest BCUT2D eigenvalue weighted by molar-refractivity contribution is 8.13. The smallest absolute Gasteiger partial charge is 0.233 e. The molecule has 0 saturated carbocycles. The van der Waals surface area contributed by atoms with E-state index in [9.17, 15) is 17.2 Å². The Bertz CT molecular complexity index is 566. The van der Waals surface area contributed by atoms with Crippen molar-refractivity contribution in [3.8, 4) is 6.07 Å². The Morgan fingerprint density at radius 2 is 2.12 bits per heavy atom. The number of hydrogen-bond donors (Lipinski definition) is 0. The number of nitriles is 1. The van der Waals surface area contributed by atoms with Gasteiger partial charge >= 0.3 is 0 Å². The van der Waals surface area contributed by atoms with Crippen LogP contribution in [0, 0.1) is 18.3 Å². The maximum absolute atomic E-state index is 12.4. The average Bonchev–Trinajstić information content (AvgIpc) is 2.14. The minimum atomic E-state index is -4.32. The first-order valence-electron chi connectivity index (χ1n) is 3.92. The number of aromatic nitrogens is 1. The van der Waals surface area contributed by atoms with E-state index in [1.54, 1.807) is 6.07 Å². The number of aryl methyl sites for hydroxylation is 1. The Balaban J connectivity index is 3.64. The summed E-state index contributed by atoms with van der Waals surface area (Å²) < 4.78 is 46.8. The van der Waals surface area contributed by atoms with E-state index >= 15 is 0 Å². The van der Waals surface area contributed by atoms with Crippen LogP contribution in [0.15, 0.2) is 11.1 Å². The maximum Gasteiger partial charge on any atom is 0.280 e. The van der Waals surface area contributed by atoms with Gasteiger partial charge in [-0.2, -0.15) is 5.26 Å². The molecule has 0 unspecified atom stereocenters. The van der Waals surface area contributed by atoms with Gasteiger partial charge < -0.3 is 0 Å². The number of rotatable bonds is 2. The predicted molar refractivity (Wildman–Crippen MR) is 51.7 cm³/mol. The topological polar surface area (TPSA) is 70.8 Å². The van der Waals surface area contributed by atoms with Gasteiger partial charge in [0.1, 0.15) is 11.8 Å². The highest BCUT2D eigenvalue weighted by atomic mass is 35.7. The van der Waals surface area contributed by atoms with Crippen molar-refractivity contribution >= 4 is 19.7 Å². The van der Waals surface area contributed by atoms with E-state index in [1.165, 1.54) is 6.92 Å². The molecule has 1 aromatic heterocycles. The largest absolute Gasteiger partial charge is 0.280 e. The molecule has 0 atom stereocenters. The normalized spacial score (nSPS) is 11.5. The number of pyridine rings is 1. The molecular formula is C8H5ClF2N2O2S. The van der Waals surface area contributed by atoms with Crippen LogP contribution in [-0.2, 0) is 9.05 Å². The van der Waals surface area contributed by atoms with Gasteiger partial charge in [-0.25, -0.2) is 22.2 Å². The molecule has 0 aliphatic carbocycles. The monoisotopic (exact) mass is 266 g/mol. The standard InChI is InChI=1S/C8H5ClF2N2O2S/c1-4-2-6(7(10)11)13-8(5(4)3-12)16(9,14)15/h2,7H,1H3. The number of hydrogen-bond acceptors (Lipinski definition) is 4. The first kappa shape index (κ1) is 12.8. The minimum Gasteiger partial charge on any atom is -0.233 e. The first-order valence-corrected chi connectivity index (χ1v) is 6.22. The van der Waals surface area contributed by atoms with E-state index < -0.39 is 26.2 Å². The molecule has 1 rings (SSSR count). The second kappa shape index (κ2) is 4.31. The lowest BCUT2D eigenvalue weighted by molar-refractivity contribution is 0.145. The second-order valence-corrected chi connectivity index (χ2v) is 5.38. The zero-order chi connectivity index (χ0) is 12.5. The lowest BCUT2D eigenvalue weighted by Gasteiger charge is -2.06. The molecule has 0 radical (unpaired) electrons. The van der Waals surface area contributed by atoms with Crippen LogP contribution in [0.4, 0.5) is 8.78 Å². The van der Waals surface area contributed by atoms with Gasteiger partial charge in [-0.1, -0.05) is 0 Å². The third kappa shape index (κ3) is 2.46. The Morgan fingerprint density at radius 1 is 1.56 bits per heavy atom. The fourth-order valence-corrected chi connectivity index (χ4v) is 2.09. The van der Waals surface area contributed by atoms with Crippen LogP contribution in [-0.4, -0.2) is 13.4 Å². The fraction of sp³-hybridized carbons (Fsp3) is 0.250. The first-order chi connectivity index (χ1) is 7.27. The van der Waals surface area contributed by atoms with E-state index in [4.69, 9.17) is 15.9 Å². The molecule has 0 fully saturated rings. The van der Waals surface area contributed by atoms with Crippen molar-refractivity contribution in [3.63, 3.8) is 0 Å². The molecule has 0 spiro atoms. The highest BCUT2D eigenvalue weighted by Gasteiger charge is 2.23. The van der Waals surface area contributed by atoms with Gasteiger partial charge in [0.15, 0.2) is 5.03 Å². The summed E-state index contributed by atoms with van der Waals surface area (Å²) in [5.74, 6) is 0. The number of nitrogens with zero attached hydrogens (tertiary/aromatic N) is 2. The number of halogens is 3. The van der Waals surface area contributed by atoms with Crippen molar-refractivity contribution in [2.24, 2.45) is 0 Å². The average molecular weight is 267 g/mol. The van der Waals surface area contributed by atoms with Gasteiger partial charge in [0.25, 0.3) is 15.5 Å². The van der Waals surface area contributed by atoms with Crippen molar-refractivity contribution in [2.75, 3.05) is 0 Å². The van der Waals surface area contributed by atoms with Gasteiger partial charge in [-0.15, -0.1) is 0 Å². The van der Waals surface area contributed by atoms with Crippen molar-refractivity contribution in [1.29, 1.82) is 5.26 Å². The molecule has 0 aliphatic heterocycles. The molecular weight excluding hydrogens is 262 g/mol. The summed E-state index contributed by atoms with van der Waals surface area (Å²) in [6.07, 6.45) is -2.93. The quantitative estimate of drug-likeness (QED) is 0.769. The van der Waals surface area contributed by atoms with Crippen LogP contribution < -0.4 is 0 Å². The summed E-state index contributed by atoms with van der Waals surface area (Å²) in [4.78, 5) is 3.18. The van der Waals surface area contributed by atoms with Gasteiger partial charge in [0.2, 0.25) is 0 Å². The SMILES string of the molecule is Cc1cc(C(F)F)nc(S(=O)(=O)Cl)c1C#N. The third-order valence-electron chi connectivity index (χ3n) is 1.77. The van der Waals surface area contributed by atoms with Gasteiger partial charge in [-0.05, 0) is 18.6 Å². The summed E-state index contributed by atoms with van der Waals surface area (Å²) in [7, 11) is 0.686. The highest BCUT2D eigenvalue weighted by Crippen LogP contribution is 2.25. The maximum atomic E-state index is 12.4. The molecule has 16 heavy (non-hydrogen) atoms. The van der Waals surface area contributed by atoms with E-state index in [-0.39, 0.29) is 11.1 Å². The molecule has 0 bridgehead atoms. The van der Waals surface area contributed by atoms with E-state index in [1.807, 2.05) is 0 Å². The van der Waals surface area contributed by atoms with E-state index in [0.29, 0.717) is 0 Å². The zero-order valence-corrected chi connectivity index (χ0v) is 9.48. The molecule has 0 N–H and O–H groups in total. The van der Waals surface area contributed by atoms with Crippen LogP contribution in [0.1, 0.15) is 23.2 Å². The molecule has 0 amide bonds. The van der Waals surface area contributed by atoms with Gasteiger partial charge in [-0.3, -0.25) is 0 Å². The Labute approximate surface area is 94.9 Å². The summed E-state index contributed by atoms with van der Waals surface area (Å²) in [5, 5.41) is 7.86. The molecule has 8 heteroatoms. The molecule has 0 saturated heterocycles. The Morgan fingerprint density at radius 3 is 2.50 bits per heavy atom. The molecule has 86 valence electrons. The van der Waals surface area contributed by atoms with Crippen molar-refractivity contribution in [3.05, 3.63) is 22.9 Å². The van der Waals surface area contributed by atoms with Crippen LogP contribution in [0.5, 0.6) is 0 Å². The third-order valence-corrected chi connectivity index (χ3v) is 2.97. The van der Waals surface area contributed by atoms with E-state index in [0.717, 1.165) is 6.07 Å². The van der Waals surface area contributed by atoms with Crippen molar-refractivity contribution in [2.45, 2.75) is 18.4 Å². The molecule has 0 aliphatic rings. The second-order valence-electron chi connectivity index (χ2n) is 2.89. The lowest BCUT2D eigenvalue weighted by Crippen LogP contribution is -2.05. The molecule has 1 aromatic rings. The fourth-order valence-electron chi connectivity index (χ4n) is 1.09. The molecule has 4 nitrogen and oxygen atoms in total. The van der Waals surface area contributed by atoms with E-state index in [2.05, 4.69) is 4.98 Å². The van der Waals surface area contributed by atoms with Gasteiger partial charge in [0.05, 0.1) is 5.56 Å². The summed E-state index contributed by atoms with van der Waals surface area (Å²) in [6, 6.07) is 2.52. The Hall–Kier alpha value is -1.26. The van der Waals surface area contributed by atoms with Crippen LogP contribution in [0.25, 0.3) is 0 Å². The molecule has 1 heterocycles. The zero-order valence-electron chi connectivity index (χ0n) is 7.91. The minimum absolute atomic E-state index is 0.0898.